The number of hydrogen-bond acceptors (Lipinski definition) is 9. The van der Waals surface area contributed by atoms with Crippen molar-refractivity contribution >= 4 is 15.4 Å². The number of ether oxygens (including phenoxy) is 2. The maximum Gasteiger partial charge on any atom is 0.472 e. The molecule has 0 saturated carbocycles. The van der Waals surface area contributed by atoms with E-state index in [4.69, 9.17) is 14.0 Å². The van der Waals surface area contributed by atoms with Gasteiger partial charge in [-0.15, -0.1) is 0 Å². The van der Waals surface area contributed by atoms with E-state index in [1.807, 2.05) is 6.92 Å². The number of rotatable bonds is 19. The van der Waals surface area contributed by atoms with Crippen LogP contribution >= 0.6 is 15.4 Å². The molecule has 0 fully saturated rings. The van der Waals surface area contributed by atoms with Crippen molar-refractivity contribution in [3.8, 4) is 0 Å². The number of phosphoric ester groups is 1. The van der Waals surface area contributed by atoms with Crippen LogP contribution in [0.2, 0.25) is 0 Å². The minimum atomic E-state index is -4.31. The SMILES string of the molecule is CCNCCCOCC(O)COP(=O)(O)OCCOCCOP(=O)(O)CC. The van der Waals surface area contributed by atoms with Gasteiger partial charge in [0.05, 0.1) is 39.6 Å². The normalized spacial score (nSPS) is 17.4. The van der Waals surface area contributed by atoms with E-state index in [0.29, 0.717) is 6.61 Å². The van der Waals surface area contributed by atoms with Crippen LogP contribution in [0.3, 0.4) is 0 Å². The Morgan fingerprint density at radius 2 is 1.56 bits per heavy atom. The quantitative estimate of drug-likeness (QED) is 0.167. The van der Waals surface area contributed by atoms with Crippen LogP contribution in [0.1, 0.15) is 20.3 Å². The van der Waals surface area contributed by atoms with Crippen molar-refractivity contribution in [3.05, 3.63) is 0 Å². The van der Waals surface area contributed by atoms with Crippen LogP contribution in [-0.4, -0.2) is 86.5 Å². The van der Waals surface area contributed by atoms with Crippen molar-refractivity contribution in [2.24, 2.45) is 0 Å². The third-order valence-electron chi connectivity index (χ3n) is 3.03. The highest BCUT2D eigenvalue weighted by molar-refractivity contribution is 7.52. The van der Waals surface area contributed by atoms with E-state index in [2.05, 4.69) is 14.4 Å². The van der Waals surface area contributed by atoms with Crippen LogP contribution in [0, 0.1) is 0 Å². The number of aliphatic hydroxyl groups excluding tert-OH is 1. The van der Waals surface area contributed by atoms with Crippen molar-refractivity contribution in [2.45, 2.75) is 26.4 Å². The molecule has 4 N–H and O–H groups in total. The fourth-order valence-corrected chi connectivity index (χ4v) is 2.89. The van der Waals surface area contributed by atoms with Crippen LogP contribution < -0.4 is 5.32 Å². The minimum Gasteiger partial charge on any atom is -0.388 e. The molecular weight excluding hydrogens is 404 g/mol. The van der Waals surface area contributed by atoms with Gasteiger partial charge >= 0.3 is 15.4 Å². The molecule has 27 heavy (non-hydrogen) atoms. The average Bonchev–Trinajstić information content (AvgIpc) is 2.62. The fraction of sp³-hybridized carbons (Fsp3) is 1.00. The van der Waals surface area contributed by atoms with Crippen molar-refractivity contribution in [1.82, 2.24) is 5.32 Å². The molecule has 0 amide bonds. The zero-order valence-electron chi connectivity index (χ0n) is 15.9. The Hall–Kier alpha value is 0.1000. The molecule has 0 aromatic carbocycles. The summed E-state index contributed by atoms with van der Waals surface area (Å²) in [6.07, 6.45) is -0.245. The Bertz CT molecular complexity index is 454. The highest BCUT2D eigenvalue weighted by Gasteiger charge is 2.22. The molecule has 0 rings (SSSR count). The van der Waals surface area contributed by atoms with Crippen LogP contribution in [-0.2, 0) is 32.2 Å². The summed E-state index contributed by atoms with van der Waals surface area (Å²) in [6.45, 7) is 4.97. The topological polar surface area (TPSA) is 153 Å². The predicted molar refractivity (Wildman–Crippen MR) is 98.9 cm³/mol. The van der Waals surface area contributed by atoms with Gasteiger partial charge < -0.3 is 34.2 Å². The highest BCUT2D eigenvalue weighted by Crippen LogP contribution is 2.43. The monoisotopic (exact) mass is 437 g/mol. The summed E-state index contributed by atoms with van der Waals surface area (Å²) in [4.78, 5) is 18.6. The summed E-state index contributed by atoms with van der Waals surface area (Å²) in [5.74, 6) is 0. The zero-order valence-corrected chi connectivity index (χ0v) is 17.7. The van der Waals surface area contributed by atoms with Gasteiger partial charge in [0.1, 0.15) is 6.10 Å². The van der Waals surface area contributed by atoms with E-state index in [1.54, 1.807) is 0 Å². The van der Waals surface area contributed by atoms with E-state index in [9.17, 15) is 24.0 Å². The first-order valence-electron chi connectivity index (χ1n) is 8.85. The lowest BCUT2D eigenvalue weighted by Crippen LogP contribution is -2.23. The molecule has 3 atom stereocenters. The molecule has 0 bridgehead atoms. The average molecular weight is 437 g/mol. The number of phosphoric acid groups is 1. The number of aliphatic hydroxyl groups is 1. The second kappa shape index (κ2) is 16.0. The number of hydrogen-bond donors (Lipinski definition) is 4. The Morgan fingerprint density at radius 1 is 0.889 bits per heavy atom. The van der Waals surface area contributed by atoms with Crippen molar-refractivity contribution in [2.75, 3.05) is 65.5 Å². The van der Waals surface area contributed by atoms with Gasteiger partial charge in [-0.1, -0.05) is 13.8 Å². The zero-order chi connectivity index (χ0) is 20.6. The Kier molecular flexibility index (Phi) is 16.0. The molecule has 164 valence electrons. The van der Waals surface area contributed by atoms with Crippen LogP contribution in [0.5, 0.6) is 0 Å². The summed E-state index contributed by atoms with van der Waals surface area (Å²) < 4.78 is 47.2. The van der Waals surface area contributed by atoms with E-state index < -0.39 is 28.1 Å². The summed E-state index contributed by atoms with van der Waals surface area (Å²) in [5, 5.41) is 12.8. The van der Waals surface area contributed by atoms with Gasteiger partial charge in [-0.2, -0.15) is 0 Å². The maximum absolute atomic E-state index is 11.6. The number of nitrogens with one attached hydrogen (secondary N) is 1. The second-order valence-electron chi connectivity index (χ2n) is 5.43. The smallest absolute Gasteiger partial charge is 0.388 e. The van der Waals surface area contributed by atoms with Crippen LogP contribution in [0.4, 0.5) is 0 Å². The first kappa shape index (κ1) is 27.1. The molecule has 0 aromatic heterocycles. The molecule has 0 aliphatic carbocycles. The maximum atomic E-state index is 11.6. The molecular formula is C14H33NO10P2. The molecule has 0 saturated heterocycles. The van der Waals surface area contributed by atoms with Crippen LogP contribution in [0.15, 0.2) is 0 Å². The van der Waals surface area contributed by atoms with E-state index >= 15 is 0 Å². The molecule has 0 spiro atoms. The van der Waals surface area contributed by atoms with E-state index in [-0.39, 0.29) is 39.2 Å². The summed E-state index contributed by atoms with van der Waals surface area (Å²) in [6, 6.07) is 0. The summed E-state index contributed by atoms with van der Waals surface area (Å²) in [7, 11) is -7.85. The molecule has 11 nitrogen and oxygen atoms in total. The van der Waals surface area contributed by atoms with Gasteiger partial charge in [0.25, 0.3) is 0 Å². The van der Waals surface area contributed by atoms with Gasteiger partial charge in [0, 0.05) is 12.8 Å². The largest absolute Gasteiger partial charge is 0.472 e. The van der Waals surface area contributed by atoms with Crippen LogP contribution in [0.25, 0.3) is 0 Å². The fourth-order valence-electron chi connectivity index (χ4n) is 1.60. The standard InChI is InChI=1S/C14H33NO10P2/c1-3-15-6-5-7-22-12-14(16)13-25-27(19,20)24-11-9-21-8-10-23-26(17,18)4-2/h14-16H,3-13H2,1-2H3,(H,17,18)(H,19,20). The Labute approximate surface area is 160 Å². The predicted octanol–water partition coefficient (Wildman–Crippen LogP) is 0.736. The molecule has 0 aliphatic heterocycles. The van der Waals surface area contributed by atoms with Gasteiger partial charge in [-0.3, -0.25) is 13.6 Å². The molecule has 0 aliphatic rings. The Morgan fingerprint density at radius 3 is 2.19 bits per heavy atom. The summed E-state index contributed by atoms with van der Waals surface area (Å²) in [5.41, 5.74) is 0. The lowest BCUT2D eigenvalue weighted by Gasteiger charge is -2.15. The van der Waals surface area contributed by atoms with Crippen molar-refractivity contribution in [1.29, 1.82) is 0 Å². The van der Waals surface area contributed by atoms with Gasteiger partial charge in [0.2, 0.25) is 0 Å². The second-order valence-corrected chi connectivity index (χ2v) is 9.05. The van der Waals surface area contributed by atoms with E-state index in [1.165, 1.54) is 6.92 Å². The van der Waals surface area contributed by atoms with E-state index in [0.717, 1.165) is 19.5 Å². The van der Waals surface area contributed by atoms with Gasteiger partial charge in [-0.25, -0.2) is 4.57 Å². The molecule has 0 radical (unpaired) electrons. The lowest BCUT2D eigenvalue weighted by atomic mass is 10.4. The van der Waals surface area contributed by atoms with Crippen molar-refractivity contribution < 1.29 is 47.1 Å². The first-order chi connectivity index (χ1) is 12.7. The van der Waals surface area contributed by atoms with Gasteiger partial charge in [0.15, 0.2) is 0 Å². The van der Waals surface area contributed by atoms with Crippen molar-refractivity contribution in [3.63, 3.8) is 0 Å². The molecule has 3 unspecified atom stereocenters. The van der Waals surface area contributed by atoms with Gasteiger partial charge in [-0.05, 0) is 19.5 Å². The lowest BCUT2D eigenvalue weighted by molar-refractivity contribution is -0.0000674. The summed E-state index contributed by atoms with van der Waals surface area (Å²) >= 11 is 0. The highest BCUT2D eigenvalue weighted by atomic mass is 31.2. The molecule has 0 heterocycles. The molecule has 13 heteroatoms. The third-order valence-corrected chi connectivity index (χ3v) is 5.40. The Balaban J connectivity index is 3.64. The minimum absolute atomic E-state index is 0.00804. The third kappa shape index (κ3) is 17.9. The first-order valence-corrected chi connectivity index (χ1v) is 12.1. The molecule has 0 aromatic rings.